The molecule has 3 nitrogen and oxygen atoms in total. The standard InChI is InChI=1S/C16H22N2OS/c19-16(11-17-10-13-6-7-13)18-8-9-20-12-15(18)14-4-2-1-3-5-14/h1-5,13,15,17H,6-12H2. The summed E-state index contributed by atoms with van der Waals surface area (Å²) in [7, 11) is 0. The molecule has 2 aliphatic rings. The highest BCUT2D eigenvalue weighted by molar-refractivity contribution is 7.99. The highest BCUT2D eigenvalue weighted by Crippen LogP contribution is 2.30. The van der Waals surface area contributed by atoms with E-state index in [4.69, 9.17) is 0 Å². The van der Waals surface area contributed by atoms with Gasteiger partial charge < -0.3 is 10.2 Å². The number of hydrogen-bond donors (Lipinski definition) is 1. The maximum Gasteiger partial charge on any atom is 0.237 e. The van der Waals surface area contributed by atoms with Crippen molar-refractivity contribution in [3.05, 3.63) is 35.9 Å². The SMILES string of the molecule is O=C(CNCC1CC1)N1CCSCC1c1ccccc1. The third kappa shape index (κ3) is 3.55. The lowest BCUT2D eigenvalue weighted by molar-refractivity contribution is -0.132. The first-order valence-corrected chi connectivity index (χ1v) is 8.63. The zero-order chi connectivity index (χ0) is 13.8. The topological polar surface area (TPSA) is 32.3 Å². The lowest BCUT2D eigenvalue weighted by atomic mass is 10.1. The molecule has 108 valence electrons. The van der Waals surface area contributed by atoms with Gasteiger partial charge in [-0.05, 0) is 30.9 Å². The molecular weight excluding hydrogens is 268 g/mol. The van der Waals surface area contributed by atoms with Gasteiger partial charge >= 0.3 is 0 Å². The van der Waals surface area contributed by atoms with Gasteiger partial charge in [-0.25, -0.2) is 0 Å². The minimum absolute atomic E-state index is 0.241. The fourth-order valence-electron chi connectivity index (χ4n) is 2.66. The summed E-state index contributed by atoms with van der Waals surface area (Å²) in [5.74, 6) is 3.14. The Morgan fingerprint density at radius 3 is 2.85 bits per heavy atom. The van der Waals surface area contributed by atoms with Gasteiger partial charge in [0.05, 0.1) is 12.6 Å². The van der Waals surface area contributed by atoms with Gasteiger partial charge in [0.25, 0.3) is 0 Å². The number of nitrogens with zero attached hydrogens (tertiary/aromatic N) is 1. The molecule has 1 aliphatic heterocycles. The lowest BCUT2D eigenvalue weighted by Gasteiger charge is -2.36. The molecule has 1 N–H and O–H groups in total. The second kappa shape index (κ2) is 6.64. The summed E-state index contributed by atoms with van der Waals surface area (Å²) in [6, 6.07) is 10.7. The predicted molar refractivity (Wildman–Crippen MR) is 83.8 cm³/mol. The van der Waals surface area contributed by atoms with Crippen LogP contribution < -0.4 is 5.32 Å². The molecule has 1 atom stereocenters. The lowest BCUT2D eigenvalue weighted by Crippen LogP contribution is -2.45. The first-order chi connectivity index (χ1) is 9.84. The second-order valence-electron chi connectivity index (χ2n) is 5.66. The fraction of sp³-hybridized carbons (Fsp3) is 0.562. The molecule has 3 rings (SSSR count). The molecule has 0 bridgehead atoms. The van der Waals surface area contributed by atoms with Crippen molar-refractivity contribution in [3.8, 4) is 0 Å². The third-order valence-corrected chi connectivity index (χ3v) is 5.06. The monoisotopic (exact) mass is 290 g/mol. The Hall–Kier alpha value is -1.00. The molecule has 1 aromatic rings. The molecule has 2 fully saturated rings. The number of rotatable bonds is 5. The van der Waals surface area contributed by atoms with Crippen LogP contribution in [0.5, 0.6) is 0 Å². The number of benzene rings is 1. The highest BCUT2D eigenvalue weighted by Gasteiger charge is 2.28. The molecule has 0 aromatic heterocycles. The van der Waals surface area contributed by atoms with E-state index in [-0.39, 0.29) is 11.9 Å². The van der Waals surface area contributed by atoms with E-state index in [0.29, 0.717) is 6.54 Å². The Labute approximate surface area is 125 Å². The van der Waals surface area contributed by atoms with Gasteiger partial charge in [-0.2, -0.15) is 11.8 Å². The number of hydrogen-bond acceptors (Lipinski definition) is 3. The van der Waals surface area contributed by atoms with Gasteiger partial charge in [-0.3, -0.25) is 4.79 Å². The number of nitrogens with one attached hydrogen (secondary N) is 1. The molecule has 1 heterocycles. The predicted octanol–water partition coefficient (Wildman–Crippen LogP) is 2.30. The van der Waals surface area contributed by atoms with E-state index < -0.39 is 0 Å². The van der Waals surface area contributed by atoms with Gasteiger partial charge in [0.2, 0.25) is 5.91 Å². The van der Waals surface area contributed by atoms with Gasteiger partial charge in [0, 0.05) is 18.1 Å². The van der Waals surface area contributed by atoms with E-state index in [9.17, 15) is 4.79 Å². The van der Waals surface area contributed by atoms with Crippen LogP contribution in [0, 0.1) is 5.92 Å². The maximum atomic E-state index is 12.4. The Morgan fingerprint density at radius 1 is 1.30 bits per heavy atom. The maximum absolute atomic E-state index is 12.4. The zero-order valence-corrected chi connectivity index (χ0v) is 12.6. The van der Waals surface area contributed by atoms with E-state index in [1.54, 1.807) is 0 Å². The summed E-state index contributed by atoms with van der Waals surface area (Å²) in [5, 5.41) is 3.32. The molecule has 20 heavy (non-hydrogen) atoms. The van der Waals surface area contributed by atoms with E-state index in [1.807, 2.05) is 17.8 Å². The summed E-state index contributed by atoms with van der Waals surface area (Å²) in [6.07, 6.45) is 2.66. The van der Waals surface area contributed by atoms with Crippen LogP contribution in [0.25, 0.3) is 0 Å². The minimum atomic E-state index is 0.241. The van der Waals surface area contributed by atoms with E-state index >= 15 is 0 Å². The molecule has 1 unspecified atom stereocenters. The van der Waals surface area contributed by atoms with Crippen molar-refractivity contribution in [2.75, 3.05) is 31.1 Å². The molecule has 1 amide bonds. The van der Waals surface area contributed by atoms with Crippen LogP contribution in [0.4, 0.5) is 0 Å². The van der Waals surface area contributed by atoms with Crippen LogP contribution >= 0.6 is 11.8 Å². The summed E-state index contributed by atoms with van der Waals surface area (Å²) in [5.41, 5.74) is 1.26. The van der Waals surface area contributed by atoms with Crippen LogP contribution in [0.2, 0.25) is 0 Å². The Kier molecular flexibility index (Phi) is 4.63. The van der Waals surface area contributed by atoms with Gasteiger partial charge in [-0.15, -0.1) is 0 Å². The van der Waals surface area contributed by atoms with Crippen molar-refractivity contribution in [1.29, 1.82) is 0 Å². The van der Waals surface area contributed by atoms with Gasteiger partial charge in [0.15, 0.2) is 0 Å². The molecule has 4 heteroatoms. The van der Waals surface area contributed by atoms with Crippen LogP contribution in [-0.2, 0) is 4.79 Å². The zero-order valence-electron chi connectivity index (χ0n) is 11.8. The molecule has 1 aliphatic carbocycles. The van der Waals surface area contributed by atoms with Crippen molar-refractivity contribution in [2.45, 2.75) is 18.9 Å². The molecule has 1 saturated carbocycles. The van der Waals surface area contributed by atoms with Crippen LogP contribution in [-0.4, -0.2) is 41.9 Å². The van der Waals surface area contributed by atoms with E-state index in [0.717, 1.165) is 30.5 Å². The molecule has 0 radical (unpaired) electrons. The van der Waals surface area contributed by atoms with Crippen molar-refractivity contribution in [1.82, 2.24) is 10.2 Å². The van der Waals surface area contributed by atoms with Gasteiger partial charge in [0.1, 0.15) is 0 Å². The molecule has 0 spiro atoms. The Morgan fingerprint density at radius 2 is 2.10 bits per heavy atom. The van der Waals surface area contributed by atoms with E-state index in [2.05, 4.69) is 34.5 Å². The first kappa shape index (κ1) is 14.0. The van der Waals surface area contributed by atoms with E-state index in [1.165, 1.54) is 18.4 Å². The summed E-state index contributed by atoms with van der Waals surface area (Å²) >= 11 is 1.94. The van der Waals surface area contributed by atoms with Crippen molar-refractivity contribution >= 4 is 17.7 Å². The average molecular weight is 290 g/mol. The minimum Gasteiger partial charge on any atom is -0.333 e. The summed E-state index contributed by atoms with van der Waals surface area (Å²) in [6.45, 7) is 2.36. The van der Waals surface area contributed by atoms with Gasteiger partial charge in [-0.1, -0.05) is 30.3 Å². The summed E-state index contributed by atoms with van der Waals surface area (Å²) in [4.78, 5) is 14.5. The smallest absolute Gasteiger partial charge is 0.237 e. The number of carbonyl (C=O) groups is 1. The summed E-state index contributed by atoms with van der Waals surface area (Å²) < 4.78 is 0. The second-order valence-corrected chi connectivity index (χ2v) is 6.81. The fourth-order valence-corrected chi connectivity index (χ4v) is 3.75. The molecule has 1 aromatic carbocycles. The first-order valence-electron chi connectivity index (χ1n) is 7.47. The highest BCUT2D eigenvalue weighted by atomic mass is 32.2. The largest absolute Gasteiger partial charge is 0.333 e. The number of amides is 1. The third-order valence-electron chi connectivity index (χ3n) is 4.04. The quantitative estimate of drug-likeness (QED) is 0.903. The average Bonchev–Trinajstić information content (AvgIpc) is 3.32. The van der Waals surface area contributed by atoms with Crippen molar-refractivity contribution < 1.29 is 4.79 Å². The Bertz CT molecular complexity index is 447. The normalized spacial score (nSPS) is 22.8. The number of thioether (sulfide) groups is 1. The number of carbonyl (C=O) groups excluding carboxylic acids is 1. The molecule has 1 saturated heterocycles. The molecular formula is C16H22N2OS. The van der Waals surface area contributed by atoms with Crippen LogP contribution in [0.15, 0.2) is 30.3 Å². The van der Waals surface area contributed by atoms with Crippen molar-refractivity contribution in [3.63, 3.8) is 0 Å². The Balaban J connectivity index is 1.60. The van der Waals surface area contributed by atoms with Crippen LogP contribution in [0.1, 0.15) is 24.4 Å². The van der Waals surface area contributed by atoms with Crippen molar-refractivity contribution in [2.24, 2.45) is 5.92 Å². The van der Waals surface area contributed by atoms with Crippen LogP contribution in [0.3, 0.4) is 0 Å².